The summed E-state index contributed by atoms with van der Waals surface area (Å²) in [5.41, 5.74) is 0.879. The first-order valence-electron chi connectivity index (χ1n) is 8.81. The van der Waals surface area contributed by atoms with Crippen molar-refractivity contribution >= 4 is 29.3 Å². The second-order valence-corrected chi connectivity index (χ2v) is 7.91. The van der Waals surface area contributed by atoms with Crippen LogP contribution in [0.25, 0.3) is 0 Å². The van der Waals surface area contributed by atoms with Crippen molar-refractivity contribution in [3.8, 4) is 0 Å². The van der Waals surface area contributed by atoms with E-state index >= 15 is 0 Å². The Hall–Kier alpha value is -1.56. The number of anilines is 1. The number of piperidine rings is 1. The van der Waals surface area contributed by atoms with E-state index in [9.17, 15) is 9.59 Å². The first kappa shape index (κ1) is 17.3. The quantitative estimate of drug-likeness (QED) is 0.840. The van der Waals surface area contributed by atoms with Crippen LogP contribution < -0.4 is 4.90 Å². The maximum Gasteiger partial charge on any atom is 0.241 e. The predicted octanol–water partition coefficient (Wildman–Crippen LogP) is 2.95. The van der Waals surface area contributed by atoms with Gasteiger partial charge >= 0.3 is 0 Å². The molecule has 0 aromatic carbocycles. The fourth-order valence-electron chi connectivity index (χ4n) is 3.44. The SMILES string of the molecule is CCCN1C(=O)C(CC(=O)N2CCCC(C)C2)Sc2ncccc21. The van der Waals surface area contributed by atoms with Crippen molar-refractivity contribution in [1.29, 1.82) is 0 Å². The van der Waals surface area contributed by atoms with E-state index < -0.39 is 0 Å². The molecular formula is C18H25N3O2S. The molecule has 2 atom stereocenters. The molecule has 1 aromatic rings. The van der Waals surface area contributed by atoms with Gasteiger partial charge < -0.3 is 9.80 Å². The maximum atomic E-state index is 12.9. The summed E-state index contributed by atoms with van der Waals surface area (Å²) >= 11 is 1.44. The normalized spacial score (nSPS) is 24.0. The van der Waals surface area contributed by atoms with E-state index in [4.69, 9.17) is 0 Å². The largest absolute Gasteiger partial charge is 0.342 e. The molecule has 1 fully saturated rings. The zero-order chi connectivity index (χ0) is 17.1. The van der Waals surface area contributed by atoms with Crippen molar-refractivity contribution in [2.24, 2.45) is 5.92 Å². The standard InChI is InChI=1S/C18H25N3O2S/c1-3-9-21-14-7-4-8-19-17(14)24-15(18(21)23)11-16(22)20-10-5-6-13(2)12-20/h4,7-8,13,15H,3,5-6,9-12H2,1-2H3. The van der Waals surface area contributed by atoms with Gasteiger partial charge in [-0.15, -0.1) is 0 Å². The van der Waals surface area contributed by atoms with Crippen LogP contribution in [0.5, 0.6) is 0 Å². The monoisotopic (exact) mass is 347 g/mol. The Morgan fingerprint density at radius 1 is 1.46 bits per heavy atom. The minimum Gasteiger partial charge on any atom is -0.342 e. The second-order valence-electron chi connectivity index (χ2n) is 6.72. The van der Waals surface area contributed by atoms with Crippen molar-refractivity contribution < 1.29 is 9.59 Å². The van der Waals surface area contributed by atoms with Gasteiger partial charge in [0.15, 0.2) is 0 Å². The molecule has 2 unspecified atom stereocenters. The van der Waals surface area contributed by atoms with Gasteiger partial charge in [-0.05, 0) is 37.3 Å². The molecule has 24 heavy (non-hydrogen) atoms. The molecule has 3 heterocycles. The number of aromatic nitrogens is 1. The van der Waals surface area contributed by atoms with Crippen molar-refractivity contribution in [2.75, 3.05) is 24.5 Å². The number of likely N-dealkylation sites (tertiary alicyclic amines) is 1. The fourth-order valence-corrected chi connectivity index (χ4v) is 4.59. The Labute approximate surface area is 147 Å². The summed E-state index contributed by atoms with van der Waals surface area (Å²) in [5.74, 6) is 0.695. The zero-order valence-corrected chi connectivity index (χ0v) is 15.2. The number of fused-ring (bicyclic) bond motifs is 1. The molecule has 0 bridgehead atoms. The lowest BCUT2D eigenvalue weighted by atomic mass is 10.00. The molecule has 0 aliphatic carbocycles. The van der Waals surface area contributed by atoms with Gasteiger partial charge in [0.25, 0.3) is 0 Å². The van der Waals surface area contributed by atoms with Crippen LogP contribution in [0.15, 0.2) is 23.4 Å². The van der Waals surface area contributed by atoms with Crippen LogP contribution in [0.4, 0.5) is 5.69 Å². The number of pyridine rings is 1. The molecule has 2 aliphatic heterocycles. The molecule has 2 aliphatic rings. The Balaban J connectivity index is 1.74. The van der Waals surface area contributed by atoms with E-state index in [1.807, 2.05) is 17.0 Å². The van der Waals surface area contributed by atoms with Crippen molar-refractivity contribution in [3.63, 3.8) is 0 Å². The predicted molar refractivity (Wildman–Crippen MR) is 96.1 cm³/mol. The third-order valence-corrected chi connectivity index (χ3v) is 5.84. The molecule has 0 N–H and O–H groups in total. The summed E-state index contributed by atoms with van der Waals surface area (Å²) < 4.78 is 0. The average molecular weight is 347 g/mol. The number of nitrogens with zero attached hydrogens (tertiary/aromatic N) is 3. The van der Waals surface area contributed by atoms with Gasteiger partial charge in [0.1, 0.15) is 5.03 Å². The lowest BCUT2D eigenvalue weighted by Gasteiger charge is -2.35. The summed E-state index contributed by atoms with van der Waals surface area (Å²) in [6.07, 6.45) is 5.14. The Bertz CT molecular complexity index is 622. The Kier molecular flexibility index (Phi) is 5.43. The minimum absolute atomic E-state index is 0.0424. The molecule has 1 saturated heterocycles. The van der Waals surface area contributed by atoms with Gasteiger partial charge in [-0.3, -0.25) is 9.59 Å². The molecule has 2 amide bonds. The highest BCUT2D eigenvalue weighted by molar-refractivity contribution is 8.00. The van der Waals surface area contributed by atoms with Gasteiger partial charge in [0.2, 0.25) is 11.8 Å². The summed E-state index contributed by atoms with van der Waals surface area (Å²) in [6.45, 7) is 6.55. The van der Waals surface area contributed by atoms with E-state index in [0.717, 1.165) is 36.6 Å². The number of amides is 2. The molecular weight excluding hydrogens is 322 g/mol. The van der Waals surface area contributed by atoms with Gasteiger partial charge in [-0.1, -0.05) is 25.6 Å². The van der Waals surface area contributed by atoms with Crippen LogP contribution in [0, 0.1) is 5.92 Å². The van der Waals surface area contributed by atoms with Crippen molar-refractivity contribution in [3.05, 3.63) is 18.3 Å². The number of thioether (sulfide) groups is 1. The van der Waals surface area contributed by atoms with E-state index in [2.05, 4.69) is 18.8 Å². The highest BCUT2D eigenvalue weighted by Gasteiger charge is 2.36. The van der Waals surface area contributed by atoms with Crippen LogP contribution in [-0.4, -0.2) is 46.6 Å². The molecule has 0 saturated carbocycles. The summed E-state index contributed by atoms with van der Waals surface area (Å²) in [5, 5.41) is 0.499. The van der Waals surface area contributed by atoms with E-state index in [1.54, 1.807) is 11.1 Å². The molecule has 130 valence electrons. The first-order valence-corrected chi connectivity index (χ1v) is 9.69. The van der Waals surface area contributed by atoms with Crippen LogP contribution in [0.2, 0.25) is 0 Å². The zero-order valence-electron chi connectivity index (χ0n) is 14.4. The summed E-state index contributed by atoms with van der Waals surface area (Å²) in [7, 11) is 0. The topological polar surface area (TPSA) is 53.5 Å². The van der Waals surface area contributed by atoms with E-state index in [1.165, 1.54) is 18.2 Å². The van der Waals surface area contributed by atoms with Gasteiger partial charge in [0.05, 0.1) is 10.9 Å². The van der Waals surface area contributed by atoms with Crippen LogP contribution in [0.3, 0.4) is 0 Å². The van der Waals surface area contributed by atoms with Gasteiger partial charge in [-0.25, -0.2) is 4.98 Å². The number of carbonyl (C=O) groups excluding carboxylic acids is 2. The highest BCUT2D eigenvalue weighted by Crippen LogP contribution is 2.39. The molecule has 6 heteroatoms. The van der Waals surface area contributed by atoms with Crippen LogP contribution in [0.1, 0.15) is 39.5 Å². The van der Waals surface area contributed by atoms with Crippen LogP contribution >= 0.6 is 11.8 Å². The Morgan fingerprint density at radius 2 is 2.29 bits per heavy atom. The van der Waals surface area contributed by atoms with E-state index in [-0.39, 0.29) is 23.5 Å². The third kappa shape index (κ3) is 3.58. The second kappa shape index (κ2) is 7.55. The van der Waals surface area contributed by atoms with Gasteiger partial charge in [-0.2, -0.15) is 0 Å². The molecule has 0 radical (unpaired) electrons. The third-order valence-electron chi connectivity index (χ3n) is 4.65. The highest BCUT2D eigenvalue weighted by atomic mass is 32.2. The molecule has 3 rings (SSSR count). The molecule has 0 spiro atoms. The lowest BCUT2D eigenvalue weighted by Crippen LogP contribution is -2.45. The number of hydrogen-bond acceptors (Lipinski definition) is 4. The van der Waals surface area contributed by atoms with Crippen LogP contribution in [-0.2, 0) is 9.59 Å². The van der Waals surface area contributed by atoms with E-state index in [0.29, 0.717) is 12.5 Å². The fraction of sp³-hybridized carbons (Fsp3) is 0.611. The van der Waals surface area contributed by atoms with Crippen molar-refractivity contribution in [2.45, 2.75) is 49.8 Å². The van der Waals surface area contributed by atoms with Crippen molar-refractivity contribution in [1.82, 2.24) is 9.88 Å². The number of hydrogen-bond donors (Lipinski definition) is 0. The number of carbonyl (C=O) groups is 2. The minimum atomic E-state index is -0.358. The molecule has 1 aromatic heterocycles. The summed E-state index contributed by atoms with van der Waals surface area (Å²) in [4.78, 5) is 33.7. The Morgan fingerprint density at radius 3 is 3.04 bits per heavy atom. The first-order chi connectivity index (χ1) is 11.6. The number of rotatable bonds is 4. The maximum absolute atomic E-state index is 12.9. The smallest absolute Gasteiger partial charge is 0.241 e. The van der Waals surface area contributed by atoms with Gasteiger partial charge in [0, 0.05) is 32.3 Å². The average Bonchev–Trinajstić information content (AvgIpc) is 2.58. The lowest BCUT2D eigenvalue weighted by molar-refractivity contribution is -0.134. The molecule has 5 nitrogen and oxygen atoms in total. The summed E-state index contributed by atoms with van der Waals surface area (Å²) in [6, 6.07) is 3.79.